The number of quaternary nitrogens is 2. The molecule has 0 saturated carbocycles. The van der Waals surface area contributed by atoms with E-state index < -0.39 is 6.04 Å². The predicted octanol–water partition coefficient (Wildman–Crippen LogP) is -1.32. The molecule has 1 aliphatic rings. The van der Waals surface area contributed by atoms with Crippen LogP contribution in [0.4, 0.5) is 0 Å². The van der Waals surface area contributed by atoms with Gasteiger partial charge in [-0.2, -0.15) is 0 Å². The number of hydrogen-bond acceptors (Lipinski definition) is 4. The van der Waals surface area contributed by atoms with Gasteiger partial charge in [0.2, 0.25) is 0 Å². The zero-order chi connectivity index (χ0) is 20.5. The zero-order valence-corrected chi connectivity index (χ0v) is 17.5. The van der Waals surface area contributed by atoms with Gasteiger partial charge in [-0.15, -0.1) is 0 Å². The summed E-state index contributed by atoms with van der Waals surface area (Å²) in [7, 11) is 3.03. The van der Waals surface area contributed by atoms with E-state index in [-0.39, 0.29) is 11.9 Å². The summed E-state index contributed by atoms with van der Waals surface area (Å²) in [5, 5.41) is 2.86. The molecule has 156 valence electrons. The average molecular weight is 394 g/mol. The van der Waals surface area contributed by atoms with Crippen molar-refractivity contribution in [3.63, 3.8) is 0 Å². The second-order valence-electron chi connectivity index (χ2n) is 7.97. The van der Waals surface area contributed by atoms with Crippen LogP contribution >= 0.6 is 0 Å². The Balaban J connectivity index is 1.76. The van der Waals surface area contributed by atoms with Crippen LogP contribution in [0.3, 0.4) is 0 Å². The maximum absolute atomic E-state index is 12.4. The molecule has 0 aromatic heterocycles. The lowest BCUT2D eigenvalue weighted by Gasteiger charge is -2.29. The minimum atomic E-state index is -0.557. The highest BCUT2D eigenvalue weighted by molar-refractivity contribution is 5.84. The highest BCUT2D eigenvalue weighted by Gasteiger charge is 2.28. The van der Waals surface area contributed by atoms with E-state index in [9.17, 15) is 9.59 Å². The normalized spacial score (nSPS) is 20.5. The molecule has 1 aliphatic heterocycles. The number of rotatable bonds is 9. The quantitative estimate of drug-likeness (QED) is 0.455. The molecule has 1 aromatic carbocycles. The Morgan fingerprint density at radius 1 is 1.04 bits per heavy atom. The van der Waals surface area contributed by atoms with E-state index in [0.717, 1.165) is 38.5 Å². The highest BCUT2D eigenvalue weighted by Crippen LogP contribution is 2.10. The van der Waals surface area contributed by atoms with Crippen LogP contribution < -0.4 is 19.9 Å². The third-order valence-electron chi connectivity index (χ3n) is 5.22. The summed E-state index contributed by atoms with van der Waals surface area (Å²) in [6.45, 7) is 9.40. The van der Waals surface area contributed by atoms with Crippen molar-refractivity contribution in [1.29, 1.82) is 0 Å². The van der Waals surface area contributed by atoms with Gasteiger partial charge in [-0.05, 0) is 36.6 Å². The number of piperazine rings is 1. The molecule has 28 heavy (non-hydrogen) atoms. The molecule has 1 saturated heterocycles. The molecule has 7 heteroatoms. The Morgan fingerprint density at radius 3 is 2.18 bits per heavy atom. The van der Waals surface area contributed by atoms with Crippen LogP contribution in [0.5, 0.6) is 5.75 Å². The second-order valence-corrected chi connectivity index (χ2v) is 7.97. The first-order valence-electron chi connectivity index (χ1n) is 10.1. The summed E-state index contributed by atoms with van der Waals surface area (Å²) >= 11 is 0. The van der Waals surface area contributed by atoms with E-state index in [0.29, 0.717) is 18.9 Å². The Bertz CT molecular complexity index is 625. The first-order valence-corrected chi connectivity index (χ1v) is 10.1. The van der Waals surface area contributed by atoms with Gasteiger partial charge in [-0.25, -0.2) is 4.79 Å². The minimum absolute atomic E-state index is 0.0790. The summed E-state index contributed by atoms with van der Waals surface area (Å²) < 4.78 is 10.0. The topological polar surface area (TPSA) is 73.5 Å². The summed E-state index contributed by atoms with van der Waals surface area (Å²) in [5.74, 6) is 0.735. The molecule has 1 heterocycles. The van der Waals surface area contributed by atoms with Gasteiger partial charge < -0.3 is 24.6 Å². The number of nitrogens with one attached hydrogen (secondary N) is 3. The molecule has 0 radical (unpaired) electrons. The van der Waals surface area contributed by atoms with Gasteiger partial charge in [-0.1, -0.05) is 13.8 Å². The number of ether oxygens (including phenoxy) is 2. The third-order valence-corrected chi connectivity index (χ3v) is 5.22. The number of carbonyl (C=O) groups is 2. The molecule has 1 fully saturated rings. The molecule has 1 amide bonds. The van der Waals surface area contributed by atoms with Crippen molar-refractivity contribution in [3.8, 4) is 5.75 Å². The number of esters is 1. The zero-order valence-electron chi connectivity index (χ0n) is 17.5. The first kappa shape index (κ1) is 22.2. The Morgan fingerprint density at radius 2 is 1.64 bits per heavy atom. The van der Waals surface area contributed by atoms with Crippen LogP contribution in [-0.4, -0.2) is 64.9 Å². The molecular formula is C21H35N3O4+2. The van der Waals surface area contributed by atoms with Gasteiger partial charge in [0, 0.05) is 5.56 Å². The Labute approximate surface area is 168 Å². The molecule has 1 aromatic rings. The van der Waals surface area contributed by atoms with Gasteiger partial charge in [0.1, 0.15) is 44.5 Å². The second kappa shape index (κ2) is 11.0. The highest BCUT2D eigenvalue weighted by atomic mass is 16.5. The molecule has 0 bridgehead atoms. The summed E-state index contributed by atoms with van der Waals surface area (Å²) in [4.78, 5) is 27.1. The van der Waals surface area contributed by atoms with Crippen molar-refractivity contribution in [2.45, 2.75) is 32.9 Å². The van der Waals surface area contributed by atoms with E-state index in [1.54, 1.807) is 7.11 Å². The number of carbonyl (C=O) groups excluding carboxylic acids is 2. The fraction of sp³-hybridized carbons (Fsp3) is 0.619. The third kappa shape index (κ3) is 7.13. The summed E-state index contributed by atoms with van der Waals surface area (Å²) in [5.41, 5.74) is 1.30. The van der Waals surface area contributed by atoms with Gasteiger partial charge >= 0.3 is 5.97 Å². The van der Waals surface area contributed by atoms with Crippen molar-refractivity contribution >= 4 is 11.9 Å². The maximum Gasteiger partial charge on any atom is 0.328 e. The van der Waals surface area contributed by atoms with Crippen LogP contribution in [0.1, 0.15) is 25.8 Å². The number of hydrogen-bond donors (Lipinski definition) is 3. The lowest BCUT2D eigenvalue weighted by atomic mass is 10.0. The average Bonchev–Trinajstić information content (AvgIpc) is 2.68. The van der Waals surface area contributed by atoms with Gasteiger partial charge in [0.25, 0.3) is 5.91 Å². The standard InChI is InChI=1S/C21H33N3O4/c1-16(2)13-19(21(26)28-4)22-20(25)15-24-11-9-23(10-12-24)14-17-5-7-18(27-3)8-6-17/h5-8,16,19H,9-15H2,1-4H3,(H,22,25)/p+2/t19-/m0/s1. The summed E-state index contributed by atoms with van der Waals surface area (Å²) in [6, 6.07) is 7.66. The van der Waals surface area contributed by atoms with E-state index in [4.69, 9.17) is 9.47 Å². The Kier molecular flexibility index (Phi) is 8.73. The van der Waals surface area contributed by atoms with E-state index in [1.165, 1.54) is 22.5 Å². The van der Waals surface area contributed by atoms with Crippen molar-refractivity contribution in [2.75, 3.05) is 46.9 Å². The molecule has 7 nitrogen and oxygen atoms in total. The lowest BCUT2D eigenvalue weighted by Crippen LogP contribution is -3.28. The number of benzene rings is 1. The van der Waals surface area contributed by atoms with Crippen molar-refractivity contribution < 1.29 is 28.9 Å². The fourth-order valence-corrected chi connectivity index (χ4v) is 3.64. The molecule has 0 unspecified atom stereocenters. The lowest BCUT2D eigenvalue weighted by molar-refractivity contribution is -1.02. The van der Waals surface area contributed by atoms with Crippen molar-refractivity contribution in [2.24, 2.45) is 5.92 Å². The molecular weight excluding hydrogens is 358 g/mol. The molecule has 1 atom stereocenters. The smallest absolute Gasteiger partial charge is 0.328 e. The van der Waals surface area contributed by atoms with E-state index in [1.807, 2.05) is 26.0 Å². The van der Waals surface area contributed by atoms with Crippen molar-refractivity contribution in [3.05, 3.63) is 29.8 Å². The maximum atomic E-state index is 12.4. The Hall–Kier alpha value is -2.12. The first-order chi connectivity index (χ1) is 13.4. The molecule has 2 rings (SSSR count). The van der Waals surface area contributed by atoms with Crippen LogP contribution in [0.25, 0.3) is 0 Å². The number of methoxy groups -OCH3 is 2. The van der Waals surface area contributed by atoms with E-state index >= 15 is 0 Å². The van der Waals surface area contributed by atoms with Gasteiger partial charge in [0.15, 0.2) is 6.54 Å². The van der Waals surface area contributed by atoms with Crippen LogP contribution in [0.2, 0.25) is 0 Å². The van der Waals surface area contributed by atoms with Crippen LogP contribution in [-0.2, 0) is 20.9 Å². The van der Waals surface area contributed by atoms with Crippen LogP contribution in [0, 0.1) is 5.92 Å². The SMILES string of the molecule is COC(=O)[C@H](CC(C)C)NC(=O)C[NH+]1CC[NH+](Cc2ccc(OC)cc2)CC1. The monoisotopic (exact) mass is 393 g/mol. The van der Waals surface area contributed by atoms with Crippen LogP contribution in [0.15, 0.2) is 24.3 Å². The fourth-order valence-electron chi connectivity index (χ4n) is 3.64. The van der Waals surface area contributed by atoms with Crippen molar-refractivity contribution in [1.82, 2.24) is 5.32 Å². The van der Waals surface area contributed by atoms with Gasteiger partial charge in [-0.3, -0.25) is 4.79 Å². The largest absolute Gasteiger partial charge is 0.497 e. The minimum Gasteiger partial charge on any atom is -0.497 e. The van der Waals surface area contributed by atoms with Gasteiger partial charge in [0.05, 0.1) is 14.2 Å². The van der Waals surface area contributed by atoms with E-state index in [2.05, 4.69) is 17.4 Å². The predicted molar refractivity (Wildman–Crippen MR) is 106 cm³/mol. The number of amides is 1. The molecule has 0 spiro atoms. The molecule has 0 aliphatic carbocycles. The molecule has 3 N–H and O–H groups in total. The summed E-state index contributed by atoms with van der Waals surface area (Å²) in [6.07, 6.45) is 0.591.